The number of carbonyl (C=O) groups excluding carboxylic acids is 3. The molecule has 0 saturated carbocycles. The monoisotopic (exact) mass is 409 g/mol. The highest BCUT2D eigenvalue weighted by Crippen LogP contribution is 2.24. The van der Waals surface area contributed by atoms with Gasteiger partial charge in [0.15, 0.2) is 0 Å². The average molecular weight is 410 g/mol. The second-order valence-corrected chi connectivity index (χ2v) is 9.26. The van der Waals surface area contributed by atoms with E-state index in [9.17, 15) is 14.4 Å². The number of piperidine rings is 1. The zero-order valence-corrected chi connectivity index (χ0v) is 19.4. The Kier molecular flexibility index (Phi) is 9.33. The van der Waals surface area contributed by atoms with E-state index in [2.05, 4.69) is 17.1 Å². The van der Waals surface area contributed by atoms with Crippen LogP contribution in [0, 0.1) is 11.3 Å². The molecule has 0 spiro atoms. The van der Waals surface area contributed by atoms with Crippen molar-refractivity contribution in [1.29, 1.82) is 0 Å². The summed E-state index contributed by atoms with van der Waals surface area (Å²) in [4.78, 5) is 41.4. The molecule has 0 bridgehead atoms. The number of nitrogens with zero attached hydrogens (tertiary/aromatic N) is 2. The maximum atomic E-state index is 13.1. The highest BCUT2D eigenvalue weighted by molar-refractivity contribution is 5.91. The summed E-state index contributed by atoms with van der Waals surface area (Å²) in [6.07, 6.45) is 3.55. The van der Waals surface area contributed by atoms with Crippen molar-refractivity contribution in [3.63, 3.8) is 0 Å². The zero-order chi connectivity index (χ0) is 22.4. The lowest BCUT2D eigenvalue weighted by atomic mass is 9.85. The lowest BCUT2D eigenvalue weighted by Crippen LogP contribution is -2.58. The topological polar surface area (TPSA) is 79.0 Å². The molecule has 0 aromatic rings. The molecule has 7 nitrogen and oxygen atoms in total. The molecule has 3 unspecified atom stereocenters. The van der Waals surface area contributed by atoms with Gasteiger partial charge in [0.1, 0.15) is 6.04 Å². The van der Waals surface area contributed by atoms with E-state index in [0.29, 0.717) is 18.1 Å². The summed E-state index contributed by atoms with van der Waals surface area (Å²) in [6.45, 7) is 12.9. The van der Waals surface area contributed by atoms with Gasteiger partial charge in [0, 0.05) is 19.2 Å². The minimum absolute atomic E-state index is 0.0982. The average Bonchev–Trinajstić information content (AvgIpc) is 2.64. The lowest BCUT2D eigenvalue weighted by molar-refractivity contribution is -0.140. The minimum atomic E-state index is -0.651. The molecule has 1 aliphatic heterocycles. The van der Waals surface area contributed by atoms with Crippen molar-refractivity contribution in [1.82, 2.24) is 15.1 Å². The van der Waals surface area contributed by atoms with E-state index in [-0.39, 0.29) is 30.4 Å². The summed E-state index contributed by atoms with van der Waals surface area (Å²) >= 11 is 0. The summed E-state index contributed by atoms with van der Waals surface area (Å²) < 4.78 is 4.96. The van der Waals surface area contributed by atoms with Gasteiger partial charge >= 0.3 is 5.97 Å². The number of carbonyl (C=O) groups is 3. The standard InChI is InChI=1S/C22H39N3O4/c1-9-29-21(28)16(3)11-13-25(8)20(27)18(22(4,5)6)23-19(26)17-14-15(2)10-12-24(17)7/h11,15,17-18H,9-10,12-14H2,1-8H3,(H,23,26)/b16-11+. The summed E-state index contributed by atoms with van der Waals surface area (Å²) in [5.74, 6) is -0.169. The van der Waals surface area contributed by atoms with Crippen LogP contribution in [0.1, 0.15) is 54.4 Å². The molecule has 0 aromatic carbocycles. The first-order chi connectivity index (χ1) is 13.4. The molecule has 1 saturated heterocycles. The predicted molar refractivity (Wildman–Crippen MR) is 114 cm³/mol. The molecule has 0 aromatic heterocycles. The summed E-state index contributed by atoms with van der Waals surface area (Å²) in [7, 11) is 3.64. The maximum absolute atomic E-state index is 13.1. The van der Waals surface area contributed by atoms with E-state index in [1.807, 2.05) is 27.8 Å². The van der Waals surface area contributed by atoms with Gasteiger partial charge < -0.3 is 15.0 Å². The summed E-state index contributed by atoms with van der Waals surface area (Å²) in [5, 5.41) is 3.00. The Morgan fingerprint density at radius 1 is 1.31 bits per heavy atom. The van der Waals surface area contributed by atoms with Crippen LogP contribution in [0.2, 0.25) is 0 Å². The Morgan fingerprint density at radius 2 is 1.93 bits per heavy atom. The highest BCUT2D eigenvalue weighted by atomic mass is 16.5. The van der Waals surface area contributed by atoms with Crippen molar-refractivity contribution in [3.05, 3.63) is 11.6 Å². The van der Waals surface area contributed by atoms with Crippen molar-refractivity contribution in [2.24, 2.45) is 11.3 Å². The Morgan fingerprint density at radius 3 is 2.48 bits per heavy atom. The molecule has 29 heavy (non-hydrogen) atoms. The third-order valence-corrected chi connectivity index (χ3v) is 5.48. The van der Waals surface area contributed by atoms with Crippen LogP contribution in [0.4, 0.5) is 0 Å². The summed E-state index contributed by atoms with van der Waals surface area (Å²) in [5.41, 5.74) is 0.0143. The number of rotatable bonds is 7. The molecule has 1 rings (SSSR count). The fourth-order valence-electron chi connectivity index (χ4n) is 3.37. The van der Waals surface area contributed by atoms with E-state index < -0.39 is 11.5 Å². The SMILES string of the molecule is CCOC(=O)/C(C)=C/CN(C)C(=O)C(NC(=O)C1CC(C)CCN1C)C(C)(C)C. The molecule has 7 heteroatoms. The smallest absolute Gasteiger partial charge is 0.333 e. The lowest BCUT2D eigenvalue weighted by Gasteiger charge is -2.38. The summed E-state index contributed by atoms with van der Waals surface area (Å²) in [6, 6.07) is -0.866. The highest BCUT2D eigenvalue weighted by Gasteiger charge is 2.37. The second kappa shape index (κ2) is 10.8. The number of nitrogens with one attached hydrogen (secondary N) is 1. The largest absolute Gasteiger partial charge is 0.463 e. The molecule has 1 N–H and O–H groups in total. The van der Waals surface area contributed by atoms with Gasteiger partial charge in [-0.15, -0.1) is 0 Å². The molecular weight excluding hydrogens is 370 g/mol. The Hall–Kier alpha value is -1.89. The predicted octanol–water partition coefficient (Wildman–Crippen LogP) is 2.22. The van der Waals surface area contributed by atoms with E-state index in [0.717, 1.165) is 19.4 Å². The van der Waals surface area contributed by atoms with Gasteiger partial charge in [0.2, 0.25) is 11.8 Å². The van der Waals surface area contributed by atoms with Crippen molar-refractivity contribution in [3.8, 4) is 0 Å². The van der Waals surface area contributed by atoms with Gasteiger partial charge in [0.25, 0.3) is 0 Å². The normalized spacial score (nSPS) is 22.0. The third kappa shape index (κ3) is 7.46. The van der Waals surface area contributed by atoms with Crippen molar-refractivity contribution in [2.45, 2.75) is 66.5 Å². The zero-order valence-electron chi connectivity index (χ0n) is 19.4. The van der Waals surface area contributed by atoms with Crippen molar-refractivity contribution in [2.75, 3.05) is 33.8 Å². The maximum Gasteiger partial charge on any atom is 0.333 e. The van der Waals surface area contributed by atoms with E-state index in [1.165, 1.54) is 4.90 Å². The van der Waals surface area contributed by atoms with Crippen LogP contribution >= 0.6 is 0 Å². The first kappa shape index (κ1) is 25.1. The first-order valence-corrected chi connectivity index (χ1v) is 10.5. The second-order valence-electron chi connectivity index (χ2n) is 9.26. The fraction of sp³-hybridized carbons (Fsp3) is 0.773. The molecule has 3 atom stereocenters. The number of hydrogen-bond donors (Lipinski definition) is 1. The van der Waals surface area contributed by atoms with Crippen LogP contribution in [0.3, 0.4) is 0 Å². The number of likely N-dealkylation sites (N-methyl/N-ethyl adjacent to an activating group) is 2. The molecule has 0 radical (unpaired) electrons. The van der Waals surface area contributed by atoms with Gasteiger partial charge in [-0.2, -0.15) is 0 Å². The van der Waals surface area contributed by atoms with Gasteiger partial charge in [-0.25, -0.2) is 4.79 Å². The van der Waals surface area contributed by atoms with Gasteiger partial charge in [-0.3, -0.25) is 14.5 Å². The molecule has 166 valence electrons. The Bertz CT molecular complexity index is 624. The minimum Gasteiger partial charge on any atom is -0.463 e. The number of hydrogen-bond acceptors (Lipinski definition) is 5. The van der Waals surface area contributed by atoms with Crippen LogP contribution in [0.15, 0.2) is 11.6 Å². The number of likely N-dealkylation sites (tertiary alicyclic amines) is 1. The first-order valence-electron chi connectivity index (χ1n) is 10.5. The van der Waals surface area contributed by atoms with Gasteiger partial charge in [0.05, 0.1) is 12.6 Å². The molecule has 1 heterocycles. The number of ether oxygens (including phenoxy) is 1. The third-order valence-electron chi connectivity index (χ3n) is 5.48. The van der Waals surface area contributed by atoms with Crippen LogP contribution in [0.25, 0.3) is 0 Å². The number of amides is 2. The molecule has 1 aliphatic rings. The van der Waals surface area contributed by atoms with E-state index >= 15 is 0 Å². The molecular formula is C22H39N3O4. The van der Waals surface area contributed by atoms with Gasteiger partial charge in [-0.1, -0.05) is 33.8 Å². The van der Waals surface area contributed by atoms with Crippen LogP contribution in [-0.2, 0) is 19.1 Å². The fourth-order valence-corrected chi connectivity index (χ4v) is 3.37. The molecule has 1 fully saturated rings. The molecule has 2 amide bonds. The molecule has 0 aliphatic carbocycles. The van der Waals surface area contributed by atoms with E-state index in [4.69, 9.17) is 4.74 Å². The van der Waals surface area contributed by atoms with E-state index in [1.54, 1.807) is 27.0 Å². The Balaban J connectivity index is 2.86. The van der Waals surface area contributed by atoms with Crippen LogP contribution in [0.5, 0.6) is 0 Å². The van der Waals surface area contributed by atoms with Gasteiger partial charge in [-0.05, 0) is 51.6 Å². The van der Waals surface area contributed by atoms with Crippen LogP contribution < -0.4 is 5.32 Å². The van der Waals surface area contributed by atoms with Crippen molar-refractivity contribution >= 4 is 17.8 Å². The van der Waals surface area contributed by atoms with Crippen molar-refractivity contribution < 1.29 is 19.1 Å². The quantitative estimate of drug-likeness (QED) is 0.515. The van der Waals surface area contributed by atoms with Crippen LogP contribution in [-0.4, -0.2) is 73.5 Å². The number of esters is 1. The Labute approximate surface area is 175 Å².